The maximum atomic E-state index is 5.98. The van der Waals surface area contributed by atoms with Crippen LogP contribution in [0.15, 0.2) is 29.3 Å². The van der Waals surface area contributed by atoms with E-state index in [1.165, 1.54) is 5.56 Å². The Bertz CT molecular complexity index is 447. The first kappa shape index (κ1) is 21.5. The van der Waals surface area contributed by atoms with Crippen molar-refractivity contribution in [2.75, 3.05) is 26.8 Å². The number of hydrogen-bond donors (Lipinski definition) is 2. The molecule has 0 fully saturated rings. The molecule has 0 atom stereocenters. The van der Waals surface area contributed by atoms with Crippen LogP contribution in [0.2, 0.25) is 5.02 Å². The summed E-state index contributed by atoms with van der Waals surface area (Å²) >= 11 is 5.98. The van der Waals surface area contributed by atoms with Gasteiger partial charge in [0.25, 0.3) is 0 Å². The fourth-order valence-corrected chi connectivity index (χ4v) is 2.48. The molecule has 1 rings (SSSR count). The van der Waals surface area contributed by atoms with E-state index in [0.29, 0.717) is 25.7 Å². The fourth-order valence-electron chi connectivity index (χ4n) is 2.35. The van der Waals surface area contributed by atoms with Gasteiger partial charge in [0.2, 0.25) is 0 Å². The van der Waals surface area contributed by atoms with Gasteiger partial charge in [-0.3, -0.25) is 4.99 Å². The molecule has 0 aliphatic rings. The summed E-state index contributed by atoms with van der Waals surface area (Å²) in [5.74, 6) is 0.465. The van der Waals surface area contributed by atoms with Crippen molar-refractivity contribution >= 4 is 41.5 Å². The Morgan fingerprint density at radius 1 is 1.27 bits per heavy atom. The SMILES string of the molecule is CCC(CC)(CN=C(N)NCCOC)c1ccc(Cl)cc1.I. The van der Waals surface area contributed by atoms with Gasteiger partial charge < -0.3 is 15.8 Å². The molecule has 22 heavy (non-hydrogen) atoms. The van der Waals surface area contributed by atoms with E-state index in [9.17, 15) is 0 Å². The molecule has 3 N–H and O–H groups in total. The quantitative estimate of drug-likeness (QED) is 0.282. The Morgan fingerprint density at radius 2 is 1.86 bits per heavy atom. The molecule has 0 spiro atoms. The van der Waals surface area contributed by atoms with Gasteiger partial charge >= 0.3 is 0 Å². The molecule has 0 bridgehead atoms. The van der Waals surface area contributed by atoms with Crippen molar-refractivity contribution in [3.8, 4) is 0 Å². The lowest BCUT2D eigenvalue weighted by molar-refractivity contribution is 0.204. The number of methoxy groups -OCH3 is 1. The van der Waals surface area contributed by atoms with Crippen LogP contribution in [0, 0.1) is 0 Å². The third kappa shape index (κ3) is 6.30. The monoisotopic (exact) mass is 439 g/mol. The topological polar surface area (TPSA) is 59.6 Å². The Kier molecular flexibility index (Phi) is 10.8. The molecular weight excluding hydrogens is 413 g/mol. The van der Waals surface area contributed by atoms with Crippen LogP contribution in [0.5, 0.6) is 0 Å². The molecule has 1 aromatic rings. The first-order chi connectivity index (χ1) is 10.1. The Hall–Kier alpha value is -0.530. The highest BCUT2D eigenvalue weighted by Gasteiger charge is 2.28. The second-order valence-electron chi connectivity index (χ2n) is 5.12. The van der Waals surface area contributed by atoms with Crippen molar-refractivity contribution < 1.29 is 4.74 Å². The summed E-state index contributed by atoms with van der Waals surface area (Å²) in [6.45, 7) is 6.30. The summed E-state index contributed by atoms with van der Waals surface area (Å²) in [6, 6.07) is 8.03. The van der Waals surface area contributed by atoms with E-state index >= 15 is 0 Å². The van der Waals surface area contributed by atoms with E-state index in [2.05, 4.69) is 36.3 Å². The number of ether oxygens (including phenoxy) is 1. The van der Waals surface area contributed by atoms with Gasteiger partial charge in [-0.05, 0) is 30.5 Å². The van der Waals surface area contributed by atoms with Gasteiger partial charge in [-0.2, -0.15) is 0 Å². The van der Waals surface area contributed by atoms with Gasteiger partial charge in [0.1, 0.15) is 0 Å². The summed E-state index contributed by atoms with van der Waals surface area (Å²) in [5, 5.41) is 3.80. The maximum Gasteiger partial charge on any atom is 0.188 e. The normalized spacial score (nSPS) is 11.9. The Balaban J connectivity index is 0.00000441. The number of benzene rings is 1. The zero-order chi connectivity index (χ0) is 15.7. The lowest BCUT2D eigenvalue weighted by Crippen LogP contribution is -2.36. The minimum atomic E-state index is -0.00184. The predicted molar refractivity (Wildman–Crippen MR) is 105 cm³/mol. The maximum absolute atomic E-state index is 5.98. The molecule has 0 aromatic heterocycles. The molecule has 0 amide bonds. The third-order valence-corrected chi connectivity index (χ3v) is 4.23. The van der Waals surface area contributed by atoms with Crippen LogP contribution < -0.4 is 11.1 Å². The van der Waals surface area contributed by atoms with Crippen molar-refractivity contribution in [1.29, 1.82) is 0 Å². The molecule has 0 heterocycles. The number of nitrogens with one attached hydrogen (secondary N) is 1. The van der Waals surface area contributed by atoms with E-state index in [4.69, 9.17) is 22.1 Å². The minimum Gasteiger partial charge on any atom is -0.383 e. The number of nitrogens with zero attached hydrogens (tertiary/aromatic N) is 1. The van der Waals surface area contributed by atoms with Crippen molar-refractivity contribution in [2.24, 2.45) is 10.7 Å². The number of nitrogens with two attached hydrogens (primary N) is 1. The van der Waals surface area contributed by atoms with Crippen LogP contribution in [0.3, 0.4) is 0 Å². The first-order valence-corrected chi connectivity index (χ1v) is 7.74. The van der Waals surface area contributed by atoms with Crippen LogP contribution in [-0.4, -0.2) is 32.8 Å². The second kappa shape index (κ2) is 11.1. The van der Waals surface area contributed by atoms with E-state index in [1.807, 2.05) is 12.1 Å². The van der Waals surface area contributed by atoms with Gasteiger partial charge in [-0.15, -0.1) is 24.0 Å². The molecule has 0 unspecified atom stereocenters. The van der Waals surface area contributed by atoms with Gasteiger partial charge in [0, 0.05) is 24.1 Å². The van der Waals surface area contributed by atoms with Gasteiger partial charge in [0.15, 0.2) is 5.96 Å². The summed E-state index contributed by atoms with van der Waals surface area (Å²) in [6.07, 6.45) is 2.00. The lowest BCUT2D eigenvalue weighted by Gasteiger charge is -2.31. The summed E-state index contributed by atoms with van der Waals surface area (Å²) in [7, 11) is 1.66. The zero-order valence-electron chi connectivity index (χ0n) is 13.6. The van der Waals surface area contributed by atoms with E-state index < -0.39 is 0 Å². The summed E-state index contributed by atoms with van der Waals surface area (Å²) < 4.78 is 4.97. The predicted octanol–water partition coefficient (Wildman–Crippen LogP) is 3.57. The van der Waals surface area contributed by atoms with Crippen LogP contribution in [-0.2, 0) is 10.2 Å². The highest BCUT2D eigenvalue weighted by Crippen LogP contribution is 2.32. The van der Waals surface area contributed by atoms with Crippen molar-refractivity contribution in [3.63, 3.8) is 0 Å². The van der Waals surface area contributed by atoms with Crippen LogP contribution in [0.1, 0.15) is 32.3 Å². The van der Waals surface area contributed by atoms with Crippen molar-refractivity contribution in [2.45, 2.75) is 32.1 Å². The molecule has 0 radical (unpaired) electrons. The summed E-state index contributed by atoms with van der Waals surface area (Å²) in [4.78, 5) is 4.50. The Labute approximate surface area is 155 Å². The second-order valence-corrected chi connectivity index (χ2v) is 5.55. The number of guanidine groups is 1. The minimum absolute atomic E-state index is 0. The molecule has 0 aliphatic heterocycles. The smallest absolute Gasteiger partial charge is 0.188 e. The average molecular weight is 440 g/mol. The van der Waals surface area contributed by atoms with Crippen LogP contribution >= 0.6 is 35.6 Å². The zero-order valence-corrected chi connectivity index (χ0v) is 16.7. The number of rotatable bonds is 8. The van der Waals surface area contributed by atoms with E-state index in [0.717, 1.165) is 17.9 Å². The van der Waals surface area contributed by atoms with Crippen LogP contribution in [0.4, 0.5) is 0 Å². The number of hydrogen-bond acceptors (Lipinski definition) is 2. The molecule has 1 aromatic carbocycles. The molecule has 0 aliphatic carbocycles. The molecule has 0 saturated carbocycles. The van der Waals surface area contributed by atoms with E-state index in [1.54, 1.807) is 7.11 Å². The van der Waals surface area contributed by atoms with Crippen LogP contribution in [0.25, 0.3) is 0 Å². The van der Waals surface area contributed by atoms with E-state index in [-0.39, 0.29) is 29.4 Å². The number of halogens is 2. The average Bonchev–Trinajstić information content (AvgIpc) is 2.50. The largest absolute Gasteiger partial charge is 0.383 e. The molecular formula is C16H27ClIN3O. The van der Waals surface area contributed by atoms with Gasteiger partial charge in [0.05, 0.1) is 13.2 Å². The standard InChI is InChI=1S/C16H26ClN3O.HI/c1-4-16(5-2,13-6-8-14(17)9-7-13)12-20-15(18)19-10-11-21-3;/h6-9H,4-5,10-12H2,1-3H3,(H3,18,19,20);1H. The van der Waals surface area contributed by atoms with Gasteiger partial charge in [-0.1, -0.05) is 37.6 Å². The lowest BCUT2D eigenvalue weighted by atomic mass is 9.76. The summed E-state index contributed by atoms with van der Waals surface area (Å²) in [5.41, 5.74) is 7.15. The molecule has 4 nitrogen and oxygen atoms in total. The third-order valence-electron chi connectivity index (χ3n) is 3.97. The molecule has 0 saturated heterocycles. The van der Waals surface area contributed by atoms with Crippen molar-refractivity contribution in [3.05, 3.63) is 34.9 Å². The fraction of sp³-hybridized carbons (Fsp3) is 0.562. The van der Waals surface area contributed by atoms with Crippen molar-refractivity contribution in [1.82, 2.24) is 5.32 Å². The molecule has 126 valence electrons. The first-order valence-electron chi connectivity index (χ1n) is 7.36. The highest BCUT2D eigenvalue weighted by atomic mass is 127. The Morgan fingerprint density at radius 3 is 2.36 bits per heavy atom. The number of aliphatic imine (C=N–C) groups is 1. The highest BCUT2D eigenvalue weighted by molar-refractivity contribution is 14.0. The van der Waals surface area contributed by atoms with Gasteiger partial charge in [-0.25, -0.2) is 0 Å². The molecule has 6 heteroatoms.